The Kier molecular flexibility index (Phi) is 4.83. The summed E-state index contributed by atoms with van der Waals surface area (Å²) in [5, 5.41) is 9.78. The van der Waals surface area contributed by atoms with E-state index in [-0.39, 0.29) is 31.0 Å². The molecular weight excluding hydrogens is 242 g/mol. The lowest BCUT2D eigenvalue weighted by Gasteiger charge is -2.40. The Hall–Kier alpha value is -0.630. The molecule has 2 rings (SSSR count). The molecule has 0 bridgehead atoms. The zero-order valence-corrected chi connectivity index (χ0v) is 12.0. The maximum Gasteiger partial charge on any atom is 0.223 e. The minimum absolute atomic E-state index is 0.00828. The Labute approximate surface area is 115 Å². The van der Waals surface area contributed by atoms with Crippen molar-refractivity contribution in [1.29, 1.82) is 0 Å². The number of ether oxygens (including phenoxy) is 2. The van der Waals surface area contributed by atoms with Gasteiger partial charge < -0.3 is 19.4 Å². The summed E-state index contributed by atoms with van der Waals surface area (Å²) in [4.78, 5) is 3.54. The number of aliphatic hydroxyl groups is 1. The van der Waals surface area contributed by atoms with E-state index in [1.54, 1.807) is 0 Å². The van der Waals surface area contributed by atoms with E-state index in [9.17, 15) is 5.11 Å². The summed E-state index contributed by atoms with van der Waals surface area (Å²) in [7, 11) is 0. The first-order valence-corrected chi connectivity index (χ1v) is 7.44. The van der Waals surface area contributed by atoms with Crippen molar-refractivity contribution in [1.82, 2.24) is 0 Å². The Morgan fingerprint density at radius 1 is 1.42 bits per heavy atom. The second-order valence-corrected chi connectivity index (χ2v) is 5.99. The van der Waals surface area contributed by atoms with Gasteiger partial charge >= 0.3 is 0 Å². The van der Waals surface area contributed by atoms with E-state index in [1.165, 1.54) is 0 Å². The van der Waals surface area contributed by atoms with Crippen LogP contribution in [0, 0.1) is 6.57 Å². The highest BCUT2D eigenvalue weighted by atomic mass is 16.6. The van der Waals surface area contributed by atoms with Crippen LogP contribution >= 0.6 is 0 Å². The average molecular weight is 267 g/mol. The standard InChI is InChI=1S/C15H25NO3/c1-4-5-13-9-15(10-17)14(18-13)7-6-12(19-15)8-11(2)16-3/h11-14,17H,4-10H2,1-2H3/t11-,12-,13+,14+,15-/m1/s1. The first-order valence-electron chi connectivity index (χ1n) is 7.44. The van der Waals surface area contributed by atoms with Crippen LogP contribution in [-0.2, 0) is 9.47 Å². The van der Waals surface area contributed by atoms with E-state index in [0.717, 1.165) is 38.5 Å². The van der Waals surface area contributed by atoms with Crippen LogP contribution in [0.25, 0.3) is 4.85 Å². The molecule has 2 fully saturated rings. The van der Waals surface area contributed by atoms with E-state index < -0.39 is 5.60 Å². The van der Waals surface area contributed by atoms with Crippen molar-refractivity contribution in [3.63, 3.8) is 0 Å². The van der Waals surface area contributed by atoms with E-state index in [4.69, 9.17) is 16.0 Å². The Balaban J connectivity index is 2.00. The molecule has 0 aromatic heterocycles. The maximum absolute atomic E-state index is 9.78. The largest absolute Gasteiger partial charge is 0.393 e. The van der Waals surface area contributed by atoms with Gasteiger partial charge in [0.05, 0.1) is 24.9 Å². The summed E-state index contributed by atoms with van der Waals surface area (Å²) in [6.07, 6.45) is 5.91. The second-order valence-electron chi connectivity index (χ2n) is 5.99. The summed E-state index contributed by atoms with van der Waals surface area (Å²) in [6, 6.07) is -0.00828. The molecule has 2 heterocycles. The van der Waals surface area contributed by atoms with Crippen molar-refractivity contribution < 1.29 is 14.6 Å². The zero-order chi connectivity index (χ0) is 13.9. The smallest absolute Gasteiger partial charge is 0.223 e. The number of aliphatic hydroxyl groups excluding tert-OH is 1. The Bertz CT molecular complexity index is 341. The molecule has 19 heavy (non-hydrogen) atoms. The summed E-state index contributed by atoms with van der Waals surface area (Å²) in [6.45, 7) is 11.2. The van der Waals surface area contributed by atoms with Crippen LogP contribution < -0.4 is 0 Å². The highest BCUT2D eigenvalue weighted by molar-refractivity contribution is 5.01. The minimum Gasteiger partial charge on any atom is -0.393 e. The van der Waals surface area contributed by atoms with E-state index in [0.29, 0.717) is 0 Å². The Morgan fingerprint density at radius 2 is 2.21 bits per heavy atom. The van der Waals surface area contributed by atoms with Crippen molar-refractivity contribution in [2.24, 2.45) is 0 Å². The number of fused-ring (bicyclic) bond motifs is 1. The van der Waals surface area contributed by atoms with Gasteiger partial charge in [0.1, 0.15) is 5.60 Å². The molecule has 2 aliphatic rings. The second kappa shape index (κ2) is 6.21. The summed E-state index contributed by atoms with van der Waals surface area (Å²) in [5.41, 5.74) is -0.509. The van der Waals surface area contributed by atoms with Crippen molar-refractivity contribution >= 4 is 0 Å². The molecule has 0 radical (unpaired) electrons. The molecule has 0 unspecified atom stereocenters. The van der Waals surface area contributed by atoms with Gasteiger partial charge in [-0.25, -0.2) is 6.57 Å². The maximum atomic E-state index is 9.78. The van der Waals surface area contributed by atoms with Crippen LogP contribution in [0.1, 0.15) is 52.4 Å². The van der Waals surface area contributed by atoms with Gasteiger partial charge in [-0.3, -0.25) is 0 Å². The topological polar surface area (TPSA) is 43.0 Å². The molecule has 0 spiro atoms. The highest BCUT2D eigenvalue weighted by Crippen LogP contribution is 2.43. The van der Waals surface area contributed by atoms with Crippen LogP contribution in [-0.4, -0.2) is 41.7 Å². The molecule has 4 nitrogen and oxygen atoms in total. The van der Waals surface area contributed by atoms with Gasteiger partial charge in [0, 0.05) is 19.8 Å². The number of hydrogen-bond acceptors (Lipinski definition) is 3. The van der Waals surface area contributed by atoms with Gasteiger partial charge in [0.25, 0.3) is 0 Å². The fourth-order valence-electron chi connectivity index (χ4n) is 3.40. The SMILES string of the molecule is [C-]#[N+][C@H](C)C[C@H]1CC[C@@H]2O[C@@H](CCC)C[C@]2(CO)O1. The molecule has 2 aliphatic heterocycles. The van der Waals surface area contributed by atoms with Crippen LogP contribution in [0.15, 0.2) is 0 Å². The third-order valence-electron chi connectivity index (χ3n) is 4.37. The van der Waals surface area contributed by atoms with E-state index in [2.05, 4.69) is 11.8 Å². The summed E-state index contributed by atoms with van der Waals surface area (Å²) >= 11 is 0. The highest BCUT2D eigenvalue weighted by Gasteiger charge is 2.52. The van der Waals surface area contributed by atoms with Gasteiger partial charge in [0.2, 0.25) is 6.04 Å². The van der Waals surface area contributed by atoms with Crippen molar-refractivity contribution in [2.75, 3.05) is 6.61 Å². The summed E-state index contributed by atoms with van der Waals surface area (Å²) < 4.78 is 12.2. The molecule has 0 amide bonds. The molecule has 4 heteroatoms. The van der Waals surface area contributed by atoms with Gasteiger partial charge in [-0.15, -0.1) is 0 Å². The van der Waals surface area contributed by atoms with Gasteiger partial charge in [-0.1, -0.05) is 13.3 Å². The van der Waals surface area contributed by atoms with Gasteiger partial charge in [0.15, 0.2) is 0 Å². The first-order chi connectivity index (χ1) is 9.13. The molecule has 0 saturated carbocycles. The van der Waals surface area contributed by atoms with Crippen molar-refractivity contribution in [2.45, 2.75) is 82.3 Å². The molecule has 5 atom stereocenters. The molecule has 0 aliphatic carbocycles. The van der Waals surface area contributed by atoms with Crippen LogP contribution in [0.2, 0.25) is 0 Å². The summed E-state index contributed by atoms with van der Waals surface area (Å²) in [5.74, 6) is 0. The van der Waals surface area contributed by atoms with Crippen LogP contribution in [0.3, 0.4) is 0 Å². The molecule has 0 aromatic rings. The molecular formula is C15H25NO3. The van der Waals surface area contributed by atoms with Gasteiger partial charge in [-0.05, 0) is 19.3 Å². The lowest BCUT2D eigenvalue weighted by molar-refractivity contribution is -0.184. The zero-order valence-electron chi connectivity index (χ0n) is 12.0. The minimum atomic E-state index is -0.509. The van der Waals surface area contributed by atoms with Gasteiger partial charge in [-0.2, -0.15) is 0 Å². The fraction of sp³-hybridized carbons (Fsp3) is 0.933. The molecule has 2 saturated heterocycles. The lowest BCUT2D eigenvalue weighted by Crippen LogP contribution is -2.51. The van der Waals surface area contributed by atoms with E-state index in [1.807, 2.05) is 6.92 Å². The average Bonchev–Trinajstić information content (AvgIpc) is 2.77. The molecule has 1 N–H and O–H groups in total. The van der Waals surface area contributed by atoms with Crippen LogP contribution in [0.5, 0.6) is 0 Å². The fourth-order valence-corrected chi connectivity index (χ4v) is 3.40. The molecule has 0 aromatic carbocycles. The lowest BCUT2D eigenvalue weighted by atomic mass is 9.86. The normalized spacial score (nSPS) is 39.6. The number of hydrogen-bond donors (Lipinski definition) is 1. The van der Waals surface area contributed by atoms with E-state index >= 15 is 0 Å². The first kappa shape index (κ1) is 14.8. The number of rotatable bonds is 5. The van der Waals surface area contributed by atoms with Crippen LogP contribution in [0.4, 0.5) is 0 Å². The Morgan fingerprint density at radius 3 is 2.84 bits per heavy atom. The monoisotopic (exact) mass is 267 g/mol. The predicted octanol–water partition coefficient (Wildman–Crippen LogP) is 2.55. The van der Waals surface area contributed by atoms with Crippen molar-refractivity contribution in [3.05, 3.63) is 11.4 Å². The third kappa shape index (κ3) is 3.10. The predicted molar refractivity (Wildman–Crippen MR) is 72.8 cm³/mol. The number of nitrogens with zero attached hydrogens (tertiary/aromatic N) is 1. The quantitative estimate of drug-likeness (QED) is 0.778. The van der Waals surface area contributed by atoms with Crippen molar-refractivity contribution in [3.8, 4) is 0 Å². The molecule has 108 valence electrons. The third-order valence-corrected chi connectivity index (χ3v) is 4.37.